The van der Waals surface area contributed by atoms with Crippen LogP contribution in [0.25, 0.3) is 0 Å². The van der Waals surface area contributed by atoms with Crippen LogP contribution in [0.15, 0.2) is 0 Å². The van der Waals surface area contributed by atoms with Crippen LogP contribution in [0, 0.1) is 0 Å². The van der Waals surface area contributed by atoms with Gasteiger partial charge >= 0.3 is 64.4 Å². The van der Waals surface area contributed by atoms with Crippen molar-refractivity contribution in [3.05, 3.63) is 0 Å². The van der Waals surface area contributed by atoms with Crippen LogP contribution in [-0.2, 0) is 0 Å². The predicted molar refractivity (Wildman–Crippen MR) is 75.9 cm³/mol. The molecule has 0 rings (SSSR count). The Hall–Kier alpha value is 5.29. The zero-order chi connectivity index (χ0) is 5.45. The first-order valence-electron chi connectivity index (χ1n) is 1.89. The van der Waals surface area contributed by atoms with Gasteiger partial charge in [-0.05, 0) is 0 Å². The molecule has 0 saturated carbocycles. The molecule has 6 heteroatoms. The zero-order valence-electron chi connectivity index (χ0n) is 2.89. The second-order valence-corrected chi connectivity index (χ2v) is 265. The van der Waals surface area contributed by atoms with Gasteiger partial charge in [0, 0.05) is 0 Å². The Morgan fingerprint density at radius 1 is 0.667 bits per heavy atom. The number of hydrogen-bond acceptors (Lipinski definition) is 0. The normalized spacial score (nSPS) is 15.0. The van der Waals surface area contributed by atoms with Crippen molar-refractivity contribution in [1.82, 2.24) is 0 Å². The Kier molecular flexibility index (Phi) is 7.14. The molecule has 36 valence electrons. The monoisotopic (exact) mass is 673 g/mol. The molecular formula is I5K. The third-order valence-corrected chi connectivity index (χ3v) is 0. The molecule has 0 unspecified atom stereocenters. The van der Waals surface area contributed by atoms with E-state index in [-0.39, 0.29) is 0 Å². The Labute approximate surface area is 59.1 Å². The van der Waals surface area contributed by atoms with Gasteiger partial charge in [-0.3, -0.25) is 0 Å². The molecule has 0 heterocycles. The Balaban J connectivity index is 3.73. The summed E-state index contributed by atoms with van der Waals surface area (Å²) < 4.78 is 0. The first-order valence-corrected chi connectivity index (χ1v) is 52.3. The van der Waals surface area contributed by atoms with Crippen LogP contribution in [0.1, 0.15) is 0 Å². The fraction of sp³-hybridized carbons (Fsp3) is 0. The van der Waals surface area contributed by atoms with Crippen LogP contribution in [0.3, 0.4) is 0 Å². The number of rotatable bonds is 0. The van der Waals surface area contributed by atoms with Crippen molar-refractivity contribution in [1.29, 1.82) is 0 Å². The van der Waals surface area contributed by atoms with E-state index in [0.717, 1.165) is 0 Å². The van der Waals surface area contributed by atoms with E-state index in [9.17, 15) is 0 Å². The third-order valence-electron chi connectivity index (χ3n) is 0. The van der Waals surface area contributed by atoms with E-state index in [0.29, 0.717) is 0 Å². The molecule has 0 aliphatic rings. The molecule has 0 aromatic carbocycles. The van der Waals surface area contributed by atoms with Crippen molar-refractivity contribution in [3.8, 4) is 0 Å². The topological polar surface area (TPSA) is 0 Å². The second-order valence-electron chi connectivity index (χ2n) is 1.43. The summed E-state index contributed by atoms with van der Waals surface area (Å²) in [5, 5.41) is 0. The maximum atomic E-state index is 2.59. The molecule has 0 fully saturated rings. The quantitative estimate of drug-likeness (QED) is 0.269. The van der Waals surface area contributed by atoms with Gasteiger partial charge in [-0.15, -0.1) is 0 Å². The summed E-state index contributed by atoms with van der Waals surface area (Å²) in [5.74, 6) is 0. The van der Waals surface area contributed by atoms with Crippen LogP contribution in [-0.4, -0.2) is 7.99 Å². The van der Waals surface area contributed by atoms with Gasteiger partial charge in [0.1, 0.15) is 0 Å². The summed E-state index contributed by atoms with van der Waals surface area (Å²) in [4.78, 5) is 0. The Morgan fingerprint density at radius 2 is 0.667 bits per heavy atom. The molecule has 0 aromatic heterocycles. The third kappa shape index (κ3) is 22.8. The fourth-order valence-electron chi connectivity index (χ4n) is 0. The van der Waals surface area contributed by atoms with E-state index in [1.165, 1.54) is 0 Å². The van der Waals surface area contributed by atoms with Crippen LogP contribution in [0.4, 0.5) is 0 Å². The molecule has 0 saturated heterocycles. The van der Waals surface area contributed by atoms with E-state index < -0.39 is 7.99 Å². The molecule has 6 heavy (non-hydrogen) atoms. The van der Waals surface area contributed by atoms with Gasteiger partial charge in [0.25, 0.3) is 0 Å². The van der Waals surface area contributed by atoms with Crippen LogP contribution < -0.4 is 0 Å². The van der Waals surface area contributed by atoms with Crippen LogP contribution >= 0.6 is 56.4 Å². The Bertz CT molecular complexity index is 37.1. The number of halogens is 5. The molecule has 0 atom stereocenters. The average Bonchev–Trinajstić information content (AvgIpc) is 0.650. The molecule has 2 radical (unpaired) electrons. The van der Waals surface area contributed by atoms with Gasteiger partial charge in [0.15, 0.2) is 0 Å². The van der Waals surface area contributed by atoms with Crippen LogP contribution in [0.5, 0.6) is 0 Å². The molecule has 0 aromatic rings. The van der Waals surface area contributed by atoms with E-state index in [4.69, 9.17) is 0 Å². The molecule has 0 bridgehead atoms. The predicted octanol–water partition coefficient (Wildman–Crippen LogP) is 4.05. The van der Waals surface area contributed by atoms with Crippen molar-refractivity contribution in [2.24, 2.45) is 0 Å². The van der Waals surface area contributed by atoms with Crippen molar-refractivity contribution in [3.63, 3.8) is 0 Å². The zero-order valence-corrected chi connectivity index (χ0v) is 16.8. The second kappa shape index (κ2) is 3.80. The fourth-order valence-corrected chi connectivity index (χ4v) is 0. The molecule has 0 spiro atoms. The van der Waals surface area contributed by atoms with Crippen molar-refractivity contribution < 1.29 is 0 Å². The van der Waals surface area contributed by atoms with Gasteiger partial charge in [0.2, 0.25) is 0 Å². The summed E-state index contributed by atoms with van der Waals surface area (Å²) in [6, 6.07) is 0. The average molecular weight is 674 g/mol. The van der Waals surface area contributed by atoms with Crippen LogP contribution in [0.2, 0.25) is 0 Å². The van der Waals surface area contributed by atoms with Gasteiger partial charge in [-0.2, -0.15) is 0 Å². The molecular weight excluding hydrogens is 674 g/mol. The van der Waals surface area contributed by atoms with Crippen molar-refractivity contribution in [2.75, 3.05) is 0 Å². The van der Waals surface area contributed by atoms with E-state index >= 15 is 0 Å². The Morgan fingerprint density at radius 3 is 0.667 bits per heavy atom. The summed E-state index contributed by atoms with van der Waals surface area (Å²) in [6.07, 6.45) is 0. The summed E-state index contributed by atoms with van der Waals surface area (Å²) in [6.45, 7) is 0. The number of hydrogen-bond donors (Lipinski definition) is 0. The van der Waals surface area contributed by atoms with E-state index in [1.54, 1.807) is 0 Å². The molecule has 0 amide bonds. The van der Waals surface area contributed by atoms with Crippen molar-refractivity contribution >= 4 is 64.4 Å². The van der Waals surface area contributed by atoms with Gasteiger partial charge < -0.3 is 0 Å². The van der Waals surface area contributed by atoms with E-state index in [2.05, 4.69) is 56.4 Å². The first kappa shape index (κ1) is 11.3. The SMILES string of the molecule is [I][K]([I])([I])([I])[I]. The van der Waals surface area contributed by atoms with Gasteiger partial charge in [0.05, 0.1) is 0 Å². The summed E-state index contributed by atoms with van der Waals surface area (Å²) in [7, 11) is -2.09. The molecule has 0 aliphatic carbocycles. The molecule has 0 N–H and O–H groups in total. The molecule has 0 aliphatic heterocycles. The first-order chi connectivity index (χ1) is 2.24. The standard InChI is InChI=1S/5HI.K/h5*1H;/q;;;;;+5/p-5. The summed E-state index contributed by atoms with van der Waals surface area (Å²) in [5.41, 5.74) is 0. The minimum absolute atomic E-state index is 2.09. The van der Waals surface area contributed by atoms with Gasteiger partial charge in [-0.25, -0.2) is 0 Å². The van der Waals surface area contributed by atoms with E-state index in [1.807, 2.05) is 0 Å². The minimum atomic E-state index is -2.09. The molecule has 0 nitrogen and oxygen atoms in total. The van der Waals surface area contributed by atoms with Crippen molar-refractivity contribution in [2.45, 2.75) is 0 Å². The maximum absolute atomic E-state index is 2.59. The summed E-state index contributed by atoms with van der Waals surface area (Å²) >= 11 is 12.9. The van der Waals surface area contributed by atoms with Gasteiger partial charge in [-0.1, -0.05) is 0 Å².